The summed E-state index contributed by atoms with van der Waals surface area (Å²) < 4.78 is 7.35. The highest BCUT2D eigenvalue weighted by atomic mass is 16.5. The summed E-state index contributed by atoms with van der Waals surface area (Å²) >= 11 is 0. The Morgan fingerprint density at radius 1 is 0.881 bits per heavy atom. The third-order valence-corrected chi connectivity index (χ3v) is 15.8. The molecule has 1 N–H and O–H groups in total. The first-order valence-electron chi connectivity index (χ1n) is 17.9. The molecule has 0 heterocycles. The van der Waals surface area contributed by atoms with Crippen molar-refractivity contribution in [2.45, 2.75) is 140 Å². The predicted octanol–water partition coefficient (Wildman–Crippen LogP) is 8.57. The van der Waals surface area contributed by atoms with Crippen molar-refractivity contribution in [3.8, 4) is 0 Å². The molecule has 4 saturated carbocycles. The van der Waals surface area contributed by atoms with E-state index in [9.17, 15) is 9.90 Å². The van der Waals surface area contributed by atoms with Gasteiger partial charge >= 0.3 is 5.97 Å². The molecule has 0 saturated heterocycles. The van der Waals surface area contributed by atoms with E-state index < -0.39 is 0 Å². The van der Waals surface area contributed by atoms with E-state index in [0.717, 1.165) is 82.0 Å². The van der Waals surface area contributed by atoms with Crippen LogP contribution in [-0.2, 0) is 9.53 Å². The average molecular weight is 585 g/mol. The molecule has 5 aliphatic rings. The number of rotatable bonds is 7. The second-order valence-corrected chi connectivity index (χ2v) is 17.9. The van der Waals surface area contributed by atoms with Gasteiger partial charge in [-0.05, 0) is 130 Å². The number of aliphatic hydroxyl groups excluding tert-OH is 1. The fraction of sp³-hybridized carbons (Fsp3) is 0.921. The number of carbonyl (C=O) groups is 1. The molecule has 4 heteroatoms. The maximum Gasteiger partial charge on any atom is 0.312 e. The summed E-state index contributed by atoms with van der Waals surface area (Å²) in [6.45, 7) is 28.9. The van der Waals surface area contributed by atoms with E-state index in [2.05, 4.69) is 75.3 Å². The molecule has 5 rings (SSSR count). The van der Waals surface area contributed by atoms with E-state index >= 15 is 0 Å². The lowest BCUT2D eigenvalue weighted by atomic mass is 9.33. The zero-order valence-electron chi connectivity index (χ0n) is 29.2. The summed E-state index contributed by atoms with van der Waals surface area (Å²) in [5.41, 5.74) is 2.07. The first-order chi connectivity index (χ1) is 19.5. The minimum absolute atomic E-state index is 0.0261. The van der Waals surface area contributed by atoms with Crippen LogP contribution < -0.4 is 0 Å². The highest BCUT2D eigenvalue weighted by Gasteiger charge is 2.69. The Labute approximate surface area is 259 Å². The Hall–Kier alpha value is -0.870. The molecular weight excluding hydrogens is 518 g/mol. The van der Waals surface area contributed by atoms with Gasteiger partial charge in [0.1, 0.15) is 13.2 Å². The second kappa shape index (κ2) is 10.6. The normalized spacial score (nSPS) is 44.1. The third kappa shape index (κ3) is 4.52. The van der Waals surface area contributed by atoms with Gasteiger partial charge in [0.2, 0.25) is 0 Å². The van der Waals surface area contributed by atoms with Gasteiger partial charge in [0, 0.05) is 0 Å². The minimum Gasteiger partial charge on any atom is -0.459 e. The van der Waals surface area contributed by atoms with Gasteiger partial charge in [-0.2, -0.15) is 0 Å². The van der Waals surface area contributed by atoms with Crippen LogP contribution in [0.1, 0.15) is 133 Å². The number of aliphatic hydroxyl groups is 1. The molecular formula is C38H66NO3+. The lowest BCUT2D eigenvalue weighted by Gasteiger charge is -2.71. The molecule has 0 spiro atoms. The van der Waals surface area contributed by atoms with Gasteiger partial charge in [0.25, 0.3) is 0 Å². The maximum absolute atomic E-state index is 14.3. The summed E-state index contributed by atoms with van der Waals surface area (Å²) in [4.78, 5) is 14.3. The molecule has 0 aromatic rings. The smallest absolute Gasteiger partial charge is 0.312 e. The number of likely N-dealkylation sites (N-methyl/N-ethyl adjacent to an activating group) is 1. The zero-order chi connectivity index (χ0) is 31.0. The summed E-state index contributed by atoms with van der Waals surface area (Å²) in [6.07, 6.45) is 13.4. The van der Waals surface area contributed by atoms with Crippen LogP contribution in [-0.4, -0.2) is 54.4 Å². The zero-order valence-corrected chi connectivity index (χ0v) is 29.2. The van der Waals surface area contributed by atoms with Gasteiger partial charge in [-0.25, -0.2) is 0 Å². The van der Waals surface area contributed by atoms with Crippen LogP contribution in [0.3, 0.4) is 0 Å². The van der Waals surface area contributed by atoms with Crippen LogP contribution in [0.25, 0.3) is 0 Å². The van der Waals surface area contributed by atoms with E-state index in [0.29, 0.717) is 24.4 Å². The van der Waals surface area contributed by atoms with Gasteiger partial charge in [-0.3, -0.25) is 4.79 Å². The molecule has 8 atom stereocenters. The van der Waals surface area contributed by atoms with E-state index in [1.807, 2.05) is 0 Å². The fourth-order valence-corrected chi connectivity index (χ4v) is 12.2. The monoisotopic (exact) mass is 585 g/mol. The van der Waals surface area contributed by atoms with Gasteiger partial charge in [0.05, 0.1) is 31.2 Å². The van der Waals surface area contributed by atoms with E-state index in [-0.39, 0.29) is 44.6 Å². The van der Waals surface area contributed by atoms with Crippen LogP contribution in [0.2, 0.25) is 0 Å². The van der Waals surface area contributed by atoms with E-state index in [1.165, 1.54) is 12.8 Å². The largest absolute Gasteiger partial charge is 0.459 e. The molecule has 0 radical (unpaired) electrons. The van der Waals surface area contributed by atoms with Crippen molar-refractivity contribution in [2.24, 2.45) is 50.2 Å². The molecule has 4 fully saturated rings. The molecule has 240 valence electrons. The number of allylic oxidation sites excluding steroid dienone is 2. The second-order valence-electron chi connectivity index (χ2n) is 17.9. The number of nitrogens with zero attached hydrogens (tertiary/aromatic N) is 1. The number of ether oxygens (including phenoxy) is 1. The third-order valence-electron chi connectivity index (χ3n) is 15.8. The average Bonchev–Trinajstić information content (AvgIpc) is 2.93. The molecule has 0 aromatic carbocycles. The van der Waals surface area contributed by atoms with Crippen molar-refractivity contribution in [3.05, 3.63) is 11.6 Å². The van der Waals surface area contributed by atoms with Gasteiger partial charge in [-0.1, -0.05) is 60.1 Å². The highest BCUT2D eigenvalue weighted by Crippen LogP contribution is 2.75. The molecule has 42 heavy (non-hydrogen) atoms. The van der Waals surface area contributed by atoms with Crippen LogP contribution in [0.4, 0.5) is 0 Å². The van der Waals surface area contributed by atoms with Crippen LogP contribution in [0.5, 0.6) is 0 Å². The Morgan fingerprint density at radius 2 is 1.52 bits per heavy atom. The number of quaternary nitrogens is 1. The molecule has 0 amide bonds. The quantitative estimate of drug-likeness (QED) is 0.185. The molecule has 0 aromatic heterocycles. The van der Waals surface area contributed by atoms with Gasteiger partial charge in [-0.15, -0.1) is 0 Å². The van der Waals surface area contributed by atoms with Crippen LogP contribution >= 0.6 is 0 Å². The predicted molar refractivity (Wildman–Crippen MR) is 173 cm³/mol. The van der Waals surface area contributed by atoms with Crippen LogP contribution in [0.15, 0.2) is 11.6 Å². The Morgan fingerprint density at radius 3 is 2.17 bits per heavy atom. The standard InChI is InChI=1S/C38H66NO3/c1-11-39(12-2,13-3)24-25-42-32(41)38-22-20-33(4,5)26-28(38)27-14-15-30-35(8)18-17-31(40)34(6,7)29(35)16-19-37(30,10)36(27,9)21-23-38/h14,28-31,40H,11-13,15-26H2,1-10H3/q+1/t28-,29-,30+,31-,35-,36+,37+,38-/m0/s1. The molecule has 5 aliphatic carbocycles. The lowest BCUT2D eigenvalue weighted by Crippen LogP contribution is -2.65. The lowest BCUT2D eigenvalue weighted by molar-refractivity contribution is -0.923. The Bertz CT molecular complexity index is 1060. The van der Waals surface area contributed by atoms with E-state index in [1.54, 1.807) is 5.57 Å². The Balaban J connectivity index is 1.47. The van der Waals surface area contributed by atoms with E-state index in [4.69, 9.17) is 4.74 Å². The maximum atomic E-state index is 14.3. The first kappa shape index (κ1) is 32.5. The summed E-state index contributed by atoms with van der Waals surface area (Å²) in [5, 5.41) is 11.0. The van der Waals surface area contributed by atoms with Crippen molar-refractivity contribution in [2.75, 3.05) is 32.8 Å². The summed E-state index contributed by atoms with van der Waals surface area (Å²) in [5.74, 6) is 1.60. The topological polar surface area (TPSA) is 46.5 Å². The Kier molecular flexibility index (Phi) is 8.21. The SMILES string of the molecule is CC[N+](CC)(CC)CCOC(=O)[C@]12CCC(C)(C)C[C@H]1C1=CC[C@@H]3[C@@]4(C)CC[C@H](O)C(C)(C)[C@@H]4CC[C@@]3(C)[C@]1(C)CC2. The van der Waals surface area contributed by atoms with Gasteiger partial charge < -0.3 is 14.3 Å². The number of fused-ring (bicyclic) bond motifs is 7. The van der Waals surface area contributed by atoms with Crippen molar-refractivity contribution < 1.29 is 19.1 Å². The molecule has 0 unspecified atom stereocenters. The molecule has 4 nitrogen and oxygen atoms in total. The molecule has 0 bridgehead atoms. The van der Waals surface area contributed by atoms with Crippen molar-refractivity contribution in [3.63, 3.8) is 0 Å². The summed E-state index contributed by atoms with van der Waals surface area (Å²) in [7, 11) is 0. The highest BCUT2D eigenvalue weighted by molar-refractivity contribution is 5.78. The summed E-state index contributed by atoms with van der Waals surface area (Å²) in [6, 6.07) is 0. The number of esters is 1. The van der Waals surface area contributed by atoms with Crippen molar-refractivity contribution >= 4 is 5.97 Å². The minimum atomic E-state index is -0.359. The van der Waals surface area contributed by atoms with Crippen molar-refractivity contribution in [1.29, 1.82) is 0 Å². The number of hydrogen-bond donors (Lipinski definition) is 1. The fourth-order valence-electron chi connectivity index (χ4n) is 12.2. The number of carbonyl (C=O) groups excluding carboxylic acids is 1. The van der Waals surface area contributed by atoms with Crippen LogP contribution in [0, 0.1) is 50.2 Å². The number of hydrogen-bond acceptors (Lipinski definition) is 3. The molecule has 0 aliphatic heterocycles. The van der Waals surface area contributed by atoms with Gasteiger partial charge in [0.15, 0.2) is 0 Å². The first-order valence-corrected chi connectivity index (χ1v) is 17.9. The van der Waals surface area contributed by atoms with Crippen molar-refractivity contribution in [1.82, 2.24) is 0 Å².